The predicted octanol–water partition coefficient (Wildman–Crippen LogP) is 3.03. The quantitative estimate of drug-likeness (QED) is 0.928. The third-order valence-electron chi connectivity index (χ3n) is 4.01. The van der Waals surface area contributed by atoms with Gasteiger partial charge in [-0.05, 0) is 36.8 Å². The topological polar surface area (TPSA) is 62.3 Å². The summed E-state index contributed by atoms with van der Waals surface area (Å²) in [5, 5.41) is 3.45. The fourth-order valence-electron chi connectivity index (χ4n) is 2.75. The molecule has 1 N–H and O–H groups in total. The number of amides is 2. The lowest BCUT2D eigenvalue weighted by Gasteiger charge is -2.16. The number of hydrogen-bond donors (Lipinski definition) is 1. The SMILES string of the molecule is Cc1cccc(NC(=O)[C@@H]2CC(=O)N(Cc3ccc(Cl)cc3)C2)n1. The van der Waals surface area contributed by atoms with E-state index in [1.54, 1.807) is 23.1 Å². The fraction of sp³-hybridized carbons (Fsp3) is 0.278. The summed E-state index contributed by atoms with van der Waals surface area (Å²) in [6.45, 7) is 2.77. The van der Waals surface area contributed by atoms with Gasteiger partial charge in [-0.3, -0.25) is 9.59 Å². The second kappa shape index (κ2) is 7.01. The Morgan fingerprint density at radius 1 is 1.29 bits per heavy atom. The van der Waals surface area contributed by atoms with Gasteiger partial charge >= 0.3 is 0 Å². The van der Waals surface area contributed by atoms with E-state index >= 15 is 0 Å². The summed E-state index contributed by atoms with van der Waals surface area (Å²) in [5.41, 5.74) is 1.83. The first kappa shape index (κ1) is 16.5. The van der Waals surface area contributed by atoms with Gasteiger partial charge in [0.2, 0.25) is 11.8 Å². The van der Waals surface area contributed by atoms with Crippen LogP contribution in [0.15, 0.2) is 42.5 Å². The van der Waals surface area contributed by atoms with Gasteiger partial charge in [0.25, 0.3) is 0 Å². The molecule has 0 saturated carbocycles. The van der Waals surface area contributed by atoms with Crippen molar-refractivity contribution in [2.24, 2.45) is 5.92 Å². The van der Waals surface area contributed by atoms with Crippen molar-refractivity contribution in [1.29, 1.82) is 0 Å². The molecule has 2 heterocycles. The van der Waals surface area contributed by atoms with Gasteiger partial charge in [0.05, 0.1) is 5.92 Å². The largest absolute Gasteiger partial charge is 0.338 e. The molecule has 1 aromatic heterocycles. The zero-order valence-electron chi connectivity index (χ0n) is 13.3. The number of carbonyl (C=O) groups excluding carboxylic acids is 2. The third kappa shape index (κ3) is 3.92. The van der Waals surface area contributed by atoms with Crippen LogP contribution in [-0.2, 0) is 16.1 Å². The Morgan fingerprint density at radius 2 is 2.04 bits per heavy atom. The number of likely N-dealkylation sites (tertiary alicyclic amines) is 1. The summed E-state index contributed by atoms with van der Waals surface area (Å²) in [6.07, 6.45) is 0.227. The van der Waals surface area contributed by atoms with Crippen LogP contribution in [0.1, 0.15) is 17.7 Å². The summed E-state index contributed by atoms with van der Waals surface area (Å²) in [4.78, 5) is 30.5. The molecule has 1 fully saturated rings. The fourth-order valence-corrected chi connectivity index (χ4v) is 2.88. The van der Waals surface area contributed by atoms with Crippen LogP contribution >= 0.6 is 11.6 Å². The summed E-state index contributed by atoms with van der Waals surface area (Å²) in [7, 11) is 0. The van der Waals surface area contributed by atoms with Crippen molar-refractivity contribution in [2.45, 2.75) is 19.9 Å². The van der Waals surface area contributed by atoms with Gasteiger partial charge in [0.1, 0.15) is 5.82 Å². The molecule has 1 aliphatic heterocycles. The van der Waals surface area contributed by atoms with E-state index in [9.17, 15) is 9.59 Å². The lowest BCUT2D eigenvalue weighted by atomic mass is 10.1. The van der Waals surface area contributed by atoms with Gasteiger partial charge < -0.3 is 10.2 Å². The summed E-state index contributed by atoms with van der Waals surface area (Å²) in [6, 6.07) is 12.8. The highest BCUT2D eigenvalue weighted by Crippen LogP contribution is 2.22. The molecule has 2 aromatic rings. The third-order valence-corrected chi connectivity index (χ3v) is 4.26. The molecule has 0 radical (unpaired) electrons. The molecule has 0 unspecified atom stereocenters. The highest BCUT2D eigenvalue weighted by molar-refractivity contribution is 6.30. The zero-order chi connectivity index (χ0) is 17.1. The van der Waals surface area contributed by atoms with Crippen LogP contribution in [0.3, 0.4) is 0 Å². The Labute approximate surface area is 145 Å². The van der Waals surface area contributed by atoms with E-state index in [-0.39, 0.29) is 24.2 Å². The van der Waals surface area contributed by atoms with E-state index in [2.05, 4.69) is 10.3 Å². The summed E-state index contributed by atoms with van der Waals surface area (Å²) >= 11 is 5.87. The predicted molar refractivity (Wildman–Crippen MR) is 92.6 cm³/mol. The number of anilines is 1. The number of aryl methyl sites for hydroxylation is 1. The second-order valence-electron chi connectivity index (χ2n) is 5.96. The molecule has 1 aromatic carbocycles. The smallest absolute Gasteiger partial charge is 0.230 e. The second-order valence-corrected chi connectivity index (χ2v) is 6.39. The normalized spacial score (nSPS) is 17.2. The average molecular weight is 344 g/mol. The molecule has 5 nitrogen and oxygen atoms in total. The minimum atomic E-state index is -0.355. The Kier molecular flexibility index (Phi) is 4.81. The number of halogens is 1. The molecule has 1 aliphatic rings. The van der Waals surface area contributed by atoms with Crippen molar-refractivity contribution in [3.8, 4) is 0 Å². The van der Waals surface area contributed by atoms with Gasteiger partial charge in [-0.25, -0.2) is 4.98 Å². The number of pyridine rings is 1. The van der Waals surface area contributed by atoms with Crippen LogP contribution in [0.2, 0.25) is 5.02 Å². The average Bonchev–Trinajstić information content (AvgIpc) is 2.91. The maximum atomic E-state index is 12.4. The van der Waals surface area contributed by atoms with Gasteiger partial charge in [-0.1, -0.05) is 29.8 Å². The molecule has 2 amide bonds. The molecule has 1 atom stereocenters. The Hall–Kier alpha value is -2.40. The van der Waals surface area contributed by atoms with E-state index in [0.29, 0.717) is 23.9 Å². The monoisotopic (exact) mass is 343 g/mol. The van der Waals surface area contributed by atoms with Gasteiger partial charge in [0.15, 0.2) is 0 Å². The maximum absolute atomic E-state index is 12.4. The molecule has 124 valence electrons. The van der Waals surface area contributed by atoms with E-state index in [1.165, 1.54) is 0 Å². The van der Waals surface area contributed by atoms with E-state index in [1.807, 2.05) is 31.2 Å². The van der Waals surface area contributed by atoms with Crippen LogP contribution in [0.5, 0.6) is 0 Å². The number of nitrogens with zero attached hydrogens (tertiary/aromatic N) is 2. The van der Waals surface area contributed by atoms with Crippen molar-refractivity contribution < 1.29 is 9.59 Å². The highest BCUT2D eigenvalue weighted by Gasteiger charge is 2.34. The lowest BCUT2D eigenvalue weighted by Crippen LogP contribution is -2.28. The molecule has 0 bridgehead atoms. The molecule has 1 saturated heterocycles. The standard InChI is InChI=1S/C18H18ClN3O2/c1-12-3-2-4-16(20-12)21-18(24)14-9-17(23)22(11-14)10-13-5-7-15(19)8-6-13/h2-8,14H,9-11H2,1H3,(H,20,21,24)/t14-/m1/s1. The van der Waals surface area contributed by atoms with Crippen LogP contribution in [-0.4, -0.2) is 28.2 Å². The van der Waals surface area contributed by atoms with Gasteiger partial charge in [-0.15, -0.1) is 0 Å². The Bertz CT molecular complexity index is 761. The van der Waals surface area contributed by atoms with Crippen LogP contribution in [0.4, 0.5) is 5.82 Å². The first-order chi connectivity index (χ1) is 11.5. The number of carbonyl (C=O) groups is 2. The minimum Gasteiger partial charge on any atom is -0.338 e. The minimum absolute atomic E-state index is 0.0118. The van der Waals surface area contributed by atoms with Gasteiger partial charge in [0, 0.05) is 30.2 Å². The highest BCUT2D eigenvalue weighted by atomic mass is 35.5. The first-order valence-electron chi connectivity index (χ1n) is 7.78. The van der Waals surface area contributed by atoms with Crippen molar-refractivity contribution in [3.05, 3.63) is 58.7 Å². The van der Waals surface area contributed by atoms with Crippen LogP contribution in [0.25, 0.3) is 0 Å². The maximum Gasteiger partial charge on any atom is 0.230 e. The van der Waals surface area contributed by atoms with Crippen LogP contribution < -0.4 is 5.32 Å². The first-order valence-corrected chi connectivity index (χ1v) is 8.16. The number of nitrogens with one attached hydrogen (secondary N) is 1. The lowest BCUT2D eigenvalue weighted by molar-refractivity contribution is -0.128. The molecule has 24 heavy (non-hydrogen) atoms. The summed E-state index contributed by atoms with van der Waals surface area (Å²) < 4.78 is 0. The van der Waals surface area contributed by atoms with Crippen LogP contribution in [0, 0.1) is 12.8 Å². The molecular weight excluding hydrogens is 326 g/mol. The molecular formula is C18H18ClN3O2. The van der Waals surface area contributed by atoms with E-state index in [4.69, 9.17) is 11.6 Å². The van der Waals surface area contributed by atoms with E-state index in [0.717, 1.165) is 11.3 Å². The molecule has 0 spiro atoms. The molecule has 0 aliphatic carbocycles. The van der Waals surface area contributed by atoms with E-state index < -0.39 is 0 Å². The Balaban J connectivity index is 1.61. The zero-order valence-corrected chi connectivity index (χ0v) is 14.1. The van der Waals surface area contributed by atoms with Crippen molar-refractivity contribution in [1.82, 2.24) is 9.88 Å². The summed E-state index contributed by atoms with van der Waals surface area (Å²) in [5.74, 6) is -0.0157. The Morgan fingerprint density at radius 3 is 2.75 bits per heavy atom. The molecule has 3 rings (SSSR count). The molecule has 6 heteroatoms. The number of rotatable bonds is 4. The van der Waals surface area contributed by atoms with Gasteiger partial charge in [-0.2, -0.15) is 0 Å². The van der Waals surface area contributed by atoms with Crippen molar-refractivity contribution >= 4 is 29.2 Å². The number of hydrogen-bond acceptors (Lipinski definition) is 3. The number of benzene rings is 1. The number of aromatic nitrogens is 1. The van der Waals surface area contributed by atoms with Crippen molar-refractivity contribution in [2.75, 3.05) is 11.9 Å². The van der Waals surface area contributed by atoms with Crippen molar-refractivity contribution in [3.63, 3.8) is 0 Å².